The van der Waals surface area contributed by atoms with Crippen molar-refractivity contribution in [2.45, 2.75) is 6.42 Å². The van der Waals surface area contributed by atoms with Gasteiger partial charge in [0.25, 0.3) is 0 Å². The number of hydrogen-bond donors (Lipinski definition) is 2. The van der Waals surface area contributed by atoms with Crippen molar-refractivity contribution < 1.29 is 13.9 Å². The summed E-state index contributed by atoms with van der Waals surface area (Å²) in [4.78, 5) is 15.8. The van der Waals surface area contributed by atoms with E-state index in [9.17, 15) is 9.18 Å². The number of nitrogen functional groups attached to an aromatic ring is 1. The van der Waals surface area contributed by atoms with Crippen molar-refractivity contribution in [3.8, 4) is 0 Å². The molecule has 6 heteroatoms. The van der Waals surface area contributed by atoms with Crippen molar-refractivity contribution in [1.29, 1.82) is 0 Å². The van der Waals surface area contributed by atoms with E-state index in [0.717, 1.165) is 11.8 Å². The van der Waals surface area contributed by atoms with Gasteiger partial charge in [0, 0.05) is 18.3 Å². The zero-order valence-corrected chi connectivity index (χ0v) is 11.4. The van der Waals surface area contributed by atoms with Gasteiger partial charge in [-0.25, -0.2) is 4.39 Å². The number of nitrogens with two attached hydrogens (primary N) is 1. The van der Waals surface area contributed by atoms with Crippen molar-refractivity contribution in [2.24, 2.45) is 0 Å². The van der Waals surface area contributed by atoms with Crippen LogP contribution in [0.4, 0.5) is 15.8 Å². The molecule has 0 aliphatic carbocycles. The standard InChI is InChI=1S/C15H16FN3O2/c16-11-4-5-14(13(17)9-11)19-15(20)10-21-8-6-12-3-1-2-7-18-12/h1-5,7,9H,6,8,10,17H2,(H,19,20). The molecule has 1 amide bonds. The molecule has 0 saturated carbocycles. The molecule has 0 radical (unpaired) electrons. The number of nitrogens with one attached hydrogen (secondary N) is 1. The SMILES string of the molecule is Nc1cc(F)ccc1NC(=O)COCCc1ccccn1. The Hall–Kier alpha value is -2.47. The minimum absolute atomic E-state index is 0.0936. The molecule has 0 bridgehead atoms. The van der Waals surface area contributed by atoms with E-state index >= 15 is 0 Å². The number of rotatable bonds is 6. The number of hydrogen-bond acceptors (Lipinski definition) is 4. The summed E-state index contributed by atoms with van der Waals surface area (Å²) in [6, 6.07) is 9.42. The maximum absolute atomic E-state index is 12.9. The van der Waals surface area contributed by atoms with Crippen LogP contribution in [0.3, 0.4) is 0 Å². The number of carbonyl (C=O) groups excluding carboxylic acids is 1. The highest BCUT2D eigenvalue weighted by Gasteiger charge is 2.06. The van der Waals surface area contributed by atoms with E-state index in [4.69, 9.17) is 10.5 Å². The summed E-state index contributed by atoms with van der Waals surface area (Å²) >= 11 is 0. The summed E-state index contributed by atoms with van der Waals surface area (Å²) in [7, 11) is 0. The van der Waals surface area contributed by atoms with Gasteiger partial charge in [-0.2, -0.15) is 0 Å². The molecule has 2 rings (SSSR count). The van der Waals surface area contributed by atoms with Gasteiger partial charge in [0.05, 0.1) is 18.0 Å². The van der Waals surface area contributed by atoms with Crippen LogP contribution in [0.25, 0.3) is 0 Å². The fourth-order valence-electron chi connectivity index (χ4n) is 1.72. The lowest BCUT2D eigenvalue weighted by molar-refractivity contribution is -0.120. The lowest BCUT2D eigenvalue weighted by Gasteiger charge is -2.08. The third-order valence-corrected chi connectivity index (χ3v) is 2.75. The molecule has 1 heterocycles. The molecule has 0 spiro atoms. The maximum atomic E-state index is 12.9. The number of pyridine rings is 1. The quantitative estimate of drug-likeness (QED) is 0.630. The van der Waals surface area contributed by atoms with E-state index in [-0.39, 0.29) is 18.2 Å². The summed E-state index contributed by atoms with van der Waals surface area (Å²) in [5, 5.41) is 2.56. The molecule has 110 valence electrons. The van der Waals surface area contributed by atoms with Crippen molar-refractivity contribution >= 4 is 17.3 Å². The first-order valence-corrected chi connectivity index (χ1v) is 6.47. The third-order valence-electron chi connectivity index (χ3n) is 2.75. The predicted octanol–water partition coefficient (Wildman–Crippen LogP) is 2.00. The fourth-order valence-corrected chi connectivity index (χ4v) is 1.72. The summed E-state index contributed by atoms with van der Waals surface area (Å²) in [6.45, 7) is 0.299. The number of nitrogens with zero attached hydrogens (tertiary/aromatic N) is 1. The second kappa shape index (κ2) is 7.35. The first-order chi connectivity index (χ1) is 10.1. The number of benzene rings is 1. The van der Waals surface area contributed by atoms with Crippen LogP contribution in [0, 0.1) is 5.82 Å². The molecule has 0 aliphatic rings. The van der Waals surface area contributed by atoms with Gasteiger partial charge >= 0.3 is 0 Å². The minimum atomic E-state index is -0.447. The van der Waals surface area contributed by atoms with Gasteiger partial charge in [-0.05, 0) is 30.3 Å². The molecule has 21 heavy (non-hydrogen) atoms. The van der Waals surface area contributed by atoms with Crippen LogP contribution in [-0.2, 0) is 16.0 Å². The molecule has 3 N–H and O–H groups in total. The average molecular weight is 289 g/mol. The van der Waals surface area contributed by atoms with E-state index in [1.807, 2.05) is 18.2 Å². The number of amides is 1. The Morgan fingerprint density at radius 2 is 2.19 bits per heavy atom. The third kappa shape index (κ3) is 4.85. The van der Waals surface area contributed by atoms with Gasteiger partial charge < -0.3 is 15.8 Å². The monoisotopic (exact) mass is 289 g/mol. The zero-order chi connectivity index (χ0) is 15.1. The molecular weight excluding hydrogens is 273 g/mol. The summed E-state index contributed by atoms with van der Waals surface area (Å²) < 4.78 is 18.1. The van der Waals surface area contributed by atoms with Crippen LogP contribution < -0.4 is 11.1 Å². The Labute approximate surface area is 121 Å². The Morgan fingerprint density at radius 1 is 1.33 bits per heavy atom. The fraction of sp³-hybridized carbons (Fsp3) is 0.200. The lowest BCUT2D eigenvalue weighted by Crippen LogP contribution is -2.20. The molecule has 0 atom stereocenters. The van der Waals surface area contributed by atoms with E-state index < -0.39 is 5.82 Å². The smallest absolute Gasteiger partial charge is 0.250 e. The van der Waals surface area contributed by atoms with Gasteiger partial charge in [-0.3, -0.25) is 9.78 Å². The number of halogens is 1. The molecule has 5 nitrogen and oxygen atoms in total. The minimum Gasteiger partial charge on any atom is -0.397 e. The van der Waals surface area contributed by atoms with E-state index in [1.165, 1.54) is 12.1 Å². The van der Waals surface area contributed by atoms with Gasteiger partial charge in [-0.15, -0.1) is 0 Å². The van der Waals surface area contributed by atoms with Crippen molar-refractivity contribution in [1.82, 2.24) is 4.98 Å². The Bertz CT molecular complexity index is 605. The number of anilines is 2. The Kier molecular flexibility index (Phi) is 5.22. The van der Waals surface area contributed by atoms with Crippen LogP contribution in [0.1, 0.15) is 5.69 Å². The average Bonchev–Trinajstić information content (AvgIpc) is 2.48. The Balaban J connectivity index is 1.72. The molecular formula is C15H16FN3O2. The van der Waals surface area contributed by atoms with Gasteiger partial charge in [0.15, 0.2) is 0 Å². The van der Waals surface area contributed by atoms with Crippen LogP contribution in [0.2, 0.25) is 0 Å². The van der Waals surface area contributed by atoms with Crippen molar-refractivity contribution in [2.75, 3.05) is 24.3 Å². The summed E-state index contributed by atoms with van der Waals surface area (Å²) in [6.07, 6.45) is 2.34. The molecule has 0 fully saturated rings. The summed E-state index contributed by atoms with van der Waals surface area (Å²) in [5.41, 5.74) is 7.05. The Morgan fingerprint density at radius 3 is 2.90 bits per heavy atom. The maximum Gasteiger partial charge on any atom is 0.250 e. The van der Waals surface area contributed by atoms with Crippen LogP contribution in [-0.4, -0.2) is 24.1 Å². The van der Waals surface area contributed by atoms with Gasteiger partial charge in [0.1, 0.15) is 12.4 Å². The molecule has 1 aromatic heterocycles. The van der Waals surface area contributed by atoms with Crippen molar-refractivity contribution in [3.63, 3.8) is 0 Å². The number of ether oxygens (including phenoxy) is 1. The number of aromatic nitrogens is 1. The second-order valence-corrected chi connectivity index (χ2v) is 4.40. The van der Waals surface area contributed by atoms with Crippen LogP contribution in [0.15, 0.2) is 42.6 Å². The second-order valence-electron chi connectivity index (χ2n) is 4.40. The molecule has 0 unspecified atom stereocenters. The molecule has 0 saturated heterocycles. The lowest BCUT2D eigenvalue weighted by atomic mass is 10.2. The molecule has 0 aliphatic heterocycles. The zero-order valence-electron chi connectivity index (χ0n) is 11.4. The molecule has 1 aromatic carbocycles. The van der Waals surface area contributed by atoms with E-state index in [2.05, 4.69) is 10.3 Å². The van der Waals surface area contributed by atoms with E-state index in [1.54, 1.807) is 6.20 Å². The first kappa shape index (κ1) is 14.9. The normalized spacial score (nSPS) is 10.3. The molecule has 2 aromatic rings. The van der Waals surface area contributed by atoms with Gasteiger partial charge in [0.2, 0.25) is 5.91 Å². The van der Waals surface area contributed by atoms with Gasteiger partial charge in [-0.1, -0.05) is 6.07 Å². The highest BCUT2D eigenvalue weighted by atomic mass is 19.1. The van der Waals surface area contributed by atoms with Crippen LogP contribution >= 0.6 is 0 Å². The predicted molar refractivity (Wildman–Crippen MR) is 78.2 cm³/mol. The largest absolute Gasteiger partial charge is 0.397 e. The topological polar surface area (TPSA) is 77.2 Å². The number of carbonyl (C=O) groups is 1. The van der Waals surface area contributed by atoms with Crippen molar-refractivity contribution in [3.05, 3.63) is 54.1 Å². The first-order valence-electron chi connectivity index (χ1n) is 6.47. The highest BCUT2D eigenvalue weighted by Crippen LogP contribution is 2.18. The van der Waals surface area contributed by atoms with Crippen LogP contribution in [0.5, 0.6) is 0 Å². The summed E-state index contributed by atoms with van der Waals surface area (Å²) in [5.74, 6) is -0.786. The highest BCUT2D eigenvalue weighted by molar-refractivity contribution is 5.94. The van der Waals surface area contributed by atoms with E-state index in [0.29, 0.717) is 18.7 Å².